The molecule has 5 heteroatoms. The Bertz CT molecular complexity index is 4.85. The average molecular weight is 406 g/mol. The van der Waals surface area contributed by atoms with E-state index in [1.165, 1.54) is 0 Å². The molecule has 0 spiro atoms. The Kier molecular flexibility index (Phi) is 236. The third-order valence-electron chi connectivity index (χ3n) is 0. The molecule has 0 fully saturated rings. The molecular formula is Co2Mo3. The number of hydrogen-bond donors (Lipinski definition) is 0. The molecule has 0 heterocycles. The van der Waals surface area contributed by atoms with Gasteiger partial charge in [-0.2, -0.15) is 0 Å². The molecule has 36 valence electrons. The monoisotopic (exact) mass is 412 g/mol. The van der Waals surface area contributed by atoms with Crippen molar-refractivity contribution in [3.05, 3.63) is 0 Å². The summed E-state index contributed by atoms with van der Waals surface area (Å²) in [7, 11) is 0. The van der Waals surface area contributed by atoms with Gasteiger partial charge in [-0.3, -0.25) is 0 Å². The van der Waals surface area contributed by atoms with Crippen LogP contribution in [0.25, 0.3) is 0 Å². The molecule has 0 saturated heterocycles. The molecule has 0 aromatic carbocycles. The molecule has 0 amide bonds. The zero-order chi connectivity index (χ0) is 0. The van der Waals surface area contributed by atoms with Crippen LogP contribution in [0.15, 0.2) is 0 Å². The fourth-order valence-electron chi connectivity index (χ4n) is 0. The summed E-state index contributed by atoms with van der Waals surface area (Å²) in [6.45, 7) is 0. The Morgan fingerprint density at radius 1 is 0.400 bits per heavy atom. The number of rotatable bonds is 0. The van der Waals surface area contributed by atoms with Gasteiger partial charge < -0.3 is 0 Å². The first kappa shape index (κ1) is 42.7. The van der Waals surface area contributed by atoms with E-state index in [0.29, 0.717) is 0 Å². The van der Waals surface area contributed by atoms with Crippen molar-refractivity contribution >= 4 is 0 Å². The van der Waals surface area contributed by atoms with Gasteiger partial charge in [0, 0.05) is 96.8 Å². The smallest absolute Gasteiger partial charge is 0 e. The van der Waals surface area contributed by atoms with E-state index in [0.717, 1.165) is 0 Å². The zero-order valence-corrected chi connectivity index (χ0v) is 9.99. The van der Waals surface area contributed by atoms with Crippen LogP contribution in [0.1, 0.15) is 0 Å². The molecule has 0 rings (SSSR count). The molecular weight excluding hydrogens is 406 g/mol. The maximum atomic E-state index is 0. The van der Waals surface area contributed by atoms with E-state index < -0.39 is 0 Å². The predicted molar refractivity (Wildman–Crippen MR) is 0 cm³/mol. The van der Waals surface area contributed by atoms with Crippen LogP contribution >= 0.6 is 0 Å². The Labute approximate surface area is 95.2 Å². The standard InChI is InChI=1S/2Co.3Mo. The average Bonchev–Trinajstić information content (AvgIpc) is 0. The van der Waals surface area contributed by atoms with Crippen LogP contribution in [0.3, 0.4) is 0 Å². The van der Waals surface area contributed by atoms with Gasteiger partial charge in [-0.15, -0.1) is 0 Å². The molecule has 0 N–H and O–H groups in total. The van der Waals surface area contributed by atoms with E-state index in [2.05, 4.69) is 0 Å². The summed E-state index contributed by atoms with van der Waals surface area (Å²) in [4.78, 5) is 0. The molecule has 0 aromatic heterocycles. The van der Waals surface area contributed by atoms with Crippen molar-refractivity contribution < 1.29 is 96.8 Å². The van der Waals surface area contributed by atoms with Gasteiger partial charge in [0.2, 0.25) is 0 Å². The maximum absolute atomic E-state index is 0. The van der Waals surface area contributed by atoms with Crippen molar-refractivity contribution in [2.75, 3.05) is 0 Å². The van der Waals surface area contributed by atoms with Gasteiger partial charge in [0.05, 0.1) is 0 Å². The Morgan fingerprint density at radius 3 is 0.400 bits per heavy atom. The van der Waals surface area contributed by atoms with Gasteiger partial charge in [0.25, 0.3) is 0 Å². The maximum Gasteiger partial charge on any atom is 0 e. The van der Waals surface area contributed by atoms with Gasteiger partial charge in [0.15, 0.2) is 0 Å². The molecule has 0 bridgehead atoms. The normalized spacial score (nSPS) is 0. The molecule has 0 atom stereocenters. The molecule has 2 radical (unpaired) electrons. The quantitative estimate of drug-likeness (QED) is 0.497. The van der Waals surface area contributed by atoms with Crippen molar-refractivity contribution in [1.82, 2.24) is 0 Å². The van der Waals surface area contributed by atoms with Crippen LogP contribution in [0.4, 0.5) is 0 Å². The van der Waals surface area contributed by atoms with Crippen LogP contribution in [-0.2, 0) is 96.8 Å². The third-order valence-corrected chi connectivity index (χ3v) is 0. The minimum atomic E-state index is 0. The van der Waals surface area contributed by atoms with Crippen LogP contribution in [0.5, 0.6) is 0 Å². The summed E-state index contributed by atoms with van der Waals surface area (Å²) in [5.41, 5.74) is 0. The summed E-state index contributed by atoms with van der Waals surface area (Å²) in [6.07, 6.45) is 0. The molecule has 0 saturated carbocycles. The molecule has 0 aliphatic carbocycles. The fourth-order valence-corrected chi connectivity index (χ4v) is 0. The van der Waals surface area contributed by atoms with Gasteiger partial charge in [-0.05, 0) is 0 Å². The van der Waals surface area contributed by atoms with Crippen molar-refractivity contribution in [2.24, 2.45) is 0 Å². The SMILES string of the molecule is [Co].[Co].[Mo].[Mo].[Mo]. The summed E-state index contributed by atoms with van der Waals surface area (Å²) >= 11 is 0. The molecule has 0 unspecified atom stereocenters. The van der Waals surface area contributed by atoms with Gasteiger partial charge in [-0.25, -0.2) is 0 Å². The van der Waals surface area contributed by atoms with Gasteiger partial charge >= 0.3 is 0 Å². The minimum Gasteiger partial charge on any atom is 0 e. The molecule has 0 aromatic rings. The van der Waals surface area contributed by atoms with E-state index in [-0.39, 0.29) is 96.8 Å². The van der Waals surface area contributed by atoms with Gasteiger partial charge in [0.1, 0.15) is 0 Å². The third kappa shape index (κ3) is 19.3. The van der Waals surface area contributed by atoms with E-state index in [1.54, 1.807) is 0 Å². The minimum absolute atomic E-state index is 0. The molecule has 0 nitrogen and oxygen atoms in total. The Hall–Kier alpha value is 3.08. The first-order chi connectivity index (χ1) is 0. The van der Waals surface area contributed by atoms with Crippen LogP contribution in [0, 0.1) is 0 Å². The largest absolute Gasteiger partial charge is 0 e. The second-order valence-electron chi connectivity index (χ2n) is 0. The van der Waals surface area contributed by atoms with Crippen molar-refractivity contribution in [3.8, 4) is 0 Å². The van der Waals surface area contributed by atoms with Crippen LogP contribution < -0.4 is 0 Å². The van der Waals surface area contributed by atoms with Crippen molar-refractivity contribution in [1.29, 1.82) is 0 Å². The Balaban J connectivity index is 0. The second kappa shape index (κ2) is 27.6. The van der Waals surface area contributed by atoms with Crippen molar-refractivity contribution in [3.63, 3.8) is 0 Å². The van der Waals surface area contributed by atoms with Crippen molar-refractivity contribution in [2.45, 2.75) is 0 Å². The molecule has 0 aliphatic rings. The summed E-state index contributed by atoms with van der Waals surface area (Å²) < 4.78 is 0. The number of hydrogen-bond acceptors (Lipinski definition) is 0. The van der Waals surface area contributed by atoms with Gasteiger partial charge in [-0.1, -0.05) is 0 Å². The molecule has 5 heavy (non-hydrogen) atoms. The van der Waals surface area contributed by atoms with E-state index in [4.69, 9.17) is 0 Å². The fraction of sp³-hybridized carbons (Fsp3) is 0. The first-order valence-corrected chi connectivity index (χ1v) is 0. The van der Waals surface area contributed by atoms with Crippen LogP contribution in [-0.4, -0.2) is 0 Å². The summed E-state index contributed by atoms with van der Waals surface area (Å²) in [5.74, 6) is 0. The Morgan fingerprint density at radius 2 is 0.400 bits per heavy atom. The predicted octanol–water partition coefficient (Wildman–Crippen LogP) is -0.0125. The van der Waals surface area contributed by atoms with E-state index in [9.17, 15) is 0 Å². The topological polar surface area (TPSA) is 0 Å². The van der Waals surface area contributed by atoms with E-state index >= 15 is 0 Å². The van der Waals surface area contributed by atoms with Crippen LogP contribution in [0.2, 0.25) is 0 Å². The zero-order valence-electron chi connectivity index (χ0n) is 1.89. The molecule has 0 aliphatic heterocycles. The first-order valence-electron chi connectivity index (χ1n) is 0. The van der Waals surface area contributed by atoms with E-state index in [1.807, 2.05) is 0 Å². The summed E-state index contributed by atoms with van der Waals surface area (Å²) in [5, 5.41) is 0. The second-order valence-corrected chi connectivity index (χ2v) is 0. The summed E-state index contributed by atoms with van der Waals surface area (Å²) in [6, 6.07) is 0.